The Bertz CT molecular complexity index is 499. The minimum Gasteiger partial charge on any atom is -0.482 e. The Balaban J connectivity index is 2.61. The third-order valence-corrected chi connectivity index (χ3v) is 2.17. The van der Waals surface area contributed by atoms with Crippen molar-refractivity contribution in [1.29, 1.82) is 0 Å². The number of ether oxygens (including phenoxy) is 3. The minimum atomic E-state index is -0.533. The summed E-state index contributed by atoms with van der Waals surface area (Å²) in [4.78, 5) is 22.4. The number of hydrogen-bond acceptors (Lipinski definition) is 5. The van der Waals surface area contributed by atoms with Gasteiger partial charge in [0.2, 0.25) is 0 Å². The maximum atomic E-state index is 11.5. The lowest BCUT2D eigenvalue weighted by Crippen LogP contribution is -2.27. The van der Waals surface area contributed by atoms with Crippen molar-refractivity contribution in [2.24, 2.45) is 0 Å². The molecule has 0 spiro atoms. The van der Waals surface area contributed by atoms with Gasteiger partial charge in [-0.05, 0) is 51.5 Å². The topological polar surface area (TPSA) is 61.8 Å². The zero-order valence-electron chi connectivity index (χ0n) is 12.5. The Morgan fingerprint density at radius 2 is 1.85 bits per heavy atom. The van der Waals surface area contributed by atoms with Crippen LogP contribution < -0.4 is 9.47 Å². The van der Waals surface area contributed by atoms with E-state index in [1.807, 2.05) is 0 Å². The lowest BCUT2D eigenvalue weighted by atomic mass is 10.2. The smallest absolute Gasteiger partial charge is 0.344 e. The first kappa shape index (κ1) is 16.0. The largest absolute Gasteiger partial charge is 0.482 e. The Kier molecular flexibility index (Phi) is 5.13. The summed E-state index contributed by atoms with van der Waals surface area (Å²) in [6.45, 7) is 8.36. The lowest BCUT2D eigenvalue weighted by Gasteiger charge is -2.19. The molecule has 0 atom stereocenters. The van der Waals surface area contributed by atoms with E-state index < -0.39 is 11.6 Å². The first-order chi connectivity index (χ1) is 9.17. The summed E-state index contributed by atoms with van der Waals surface area (Å²) < 4.78 is 15.5. The second-order valence-electron chi connectivity index (χ2n) is 5.40. The number of carbonyl (C=O) groups is 2. The van der Waals surface area contributed by atoms with E-state index in [9.17, 15) is 9.59 Å². The molecule has 0 unspecified atom stereocenters. The highest BCUT2D eigenvalue weighted by atomic mass is 16.6. The van der Waals surface area contributed by atoms with E-state index in [0.29, 0.717) is 11.5 Å². The number of esters is 2. The molecule has 110 valence electrons. The predicted octanol–water partition coefficient (Wildman–Crippen LogP) is 2.64. The number of carbonyl (C=O) groups excluding carboxylic acids is 2. The van der Waals surface area contributed by atoms with Crippen molar-refractivity contribution in [2.45, 2.75) is 40.2 Å². The monoisotopic (exact) mass is 280 g/mol. The van der Waals surface area contributed by atoms with Crippen molar-refractivity contribution in [3.05, 3.63) is 23.8 Å². The highest BCUT2D eigenvalue weighted by Gasteiger charge is 2.17. The Labute approximate surface area is 118 Å². The molecule has 0 amide bonds. The molecule has 0 radical (unpaired) electrons. The lowest BCUT2D eigenvalue weighted by molar-refractivity contribution is -0.157. The normalized spacial score (nSPS) is 10.8. The van der Waals surface area contributed by atoms with Gasteiger partial charge in [0.1, 0.15) is 17.1 Å². The Morgan fingerprint density at radius 3 is 2.35 bits per heavy atom. The summed E-state index contributed by atoms with van der Waals surface area (Å²) in [5.41, 5.74) is 0.238. The van der Waals surface area contributed by atoms with Crippen LogP contribution in [0.1, 0.15) is 33.3 Å². The quantitative estimate of drug-likeness (QED) is 0.626. The van der Waals surface area contributed by atoms with Gasteiger partial charge in [-0.1, -0.05) is 0 Å². The molecule has 0 saturated carbocycles. The van der Waals surface area contributed by atoms with Crippen molar-refractivity contribution >= 4 is 11.9 Å². The SMILES string of the molecule is CC(=O)Oc1ccc(OCC(=O)OC(C)(C)C)c(C)c1. The van der Waals surface area contributed by atoms with E-state index in [-0.39, 0.29) is 12.6 Å². The van der Waals surface area contributed by atoms with Crippen LogP contribution in [0.3, 0.4) is 0 Å². The molecule has 0 fully saturated rings. The van der Waals surface area contributed by atoms with Crippen molar-refractivity contribution in [3.8, 4) is 11.5 Å². The zero-order chi connectivity index (χ0) is 15.3. The standard InChI is InChI=1S/C15H20O5/c1-10-8-12(19-11(2)16)6-7-13(10)18-9-14(17)20-15(3,4)5/h6-8H,9H2,1-5H3. The van der Waals surface area contributed by atoms with Gasteiger partial charge in [-0.15, -0.1) is 0 Å². The molecule has 1 aromatic carbocycles. The molecule has 1 rings (SSSR count). The highest BCUT2D eigenvalue weighted by molar-refractivity contribution is 5.72. The van der Waals surface area contributed by atoms with Crippen LogP contribution in [0.2, 0.25) is 0 Å². The second-order valence-corrected chi connectivity index (χ2v) is 5.40. The van der Waals surface area contributed by atoms with Gasteiger partial charge in [0, 0.05) is 6.92 Å². The van der Waals surface area contributed by atoms with Gasteiger partial charge in [0.05, 0.1) is 0 Å². The van der Waals surface area contributed by atoms with Crippen molar-refractivity contribution in [2.75, 3.05) is 6.61 Å². The molecular weight excluding hydrogens is 260 g/mol. The van der Waals surface area contributed by atoms with Crippen molar-refractivity contribution in [3.63, 3.8) is 0 Å². The van der Waals surface area contributed by atoms with E-state index in [4.69, 9.17) is 14.2 Å². The Morgan fingerprint density at radius 1 is 1.20 bits per heavy atom. The number of rotatable bonds is 4. The number of hydrogen-bond donors (Lipinski definition) is 0. The fourth-order valence-electron chi connectivity index (χ4n) is 1.52. The third-order valence-electron chi connectivity index (χ3n) is 2.17. The van der Waals surface area contributed by atoms with E-state index in [0.717, 1.165) is 5.56 Å². The van der Waals surface area contributed by atoms with Gasteiger partial charge in [-0.2, -0.15) is 0 Å². The molecule has 5 heteroatoms. The van der Waals surface area contributed by atoms with Gasteiger partial charge in [0.15, 0.2) is 6.61 Å². The molecule has 0 aliphatic heterocycles. The fourth-order valence-corrected chi connectivity index (χ4v) is 1.52. The van der Waals surface area contributed by atoms with Crippen LogP contribution in [0.15, 0.2) is 18.2 Å². The molecular formula is C15H20O5. The fraction of sp³-hybridized carbons (Fsp3) is 0.467. The predicted molar refractivity (Wildman–Crippen MR) is 73.8 cm³/mol. The number of aryl methyl sites for hydroxylation is 1. The van der Waals surface area contributed by atoms with Crippen LogP contribution in [0.4, 0.5) is 0 Å². The van der Waals surface area contributed by atoms with Gasteiger partial charge in [0.25, 0.3) is 0 Å². The summed E-state index contributed by atoms with van der Waals surface area (Å²) in [6.07, 6.45) is 0. The van der Waals surface area contributed by atoms with Crippen molar-refractivity contribution < 1.29 is 23.8 Å². The molecule has 0 aromatic heterocycles. The van der Waals surface area contributed by atoms with E-state index >= 15 is 0 Å². The maximum Gasteiger partial charge on any atom is 0.344 e. The van der Waals surface area contributed by atoms with E-state index in [2.05, 4.69) is 0 Å². The summed E-state index contributed by atoms with van der Waals surface area (Å²) in [5.74, 6) is 0.180. The average Bonchev–Trinajstić information content (AvgIpc) is 2.24. The first-order valence-electron chi connectivity index (χ1n) is 6.31. The molecule has 0 bridgehead atoms. The van der Waals surface area contributed by atoms with Crippen LogP contribution in [0.25, 0.3) is 0 Å². The van der Waals surface area contributed by atoms with Crippen LogP contribution in [0.5, 0.6) is 11.5 Å². The first-order valence-corrected chi connectivity index (χ1v) is 6.31. The summed E-state index contributed by atoms with van der Waals surface area (Å²) in [7, 11) is 0. The summed E-state index contributed by atoms with van der Waals surface area (Å²) in [6, 6.07) is 4.93. The maximum absolute atomic E-state index is 11.5. The molecule has 5 nitrogen and oxygen atoms in total. The van der Waals surface area contributed by atoms with Gasteiger partial charge >= 0.3 is 11.9 Å². The van der Waals surface area contributed by atoms with Gasteiger partial charge in [-0.25, -0.2) is 4.79 Å². The van der Waals surface area contributed by atoms with Gasteiger partial charge < -0.3 is 14.2 Å². The minimum absolute atomic E-state index is 0.162. The summed E-state index contributed by atoms with van der Waals surface area (Å²) >= 11 is 0. The Hall–Kier alpha value is -2.04. The second kappa shape index (κ2) is 6.41. The van der Waals surface area contributed by atoms with E-state index in [1.54, 1.807) is 45.9 Å². The number of benzene rings is 1. The zero-order valence-corrected chi connectivity index (χ0v) is 12.5. The van der Waals surface area contributed by atoms with Crippen molar-refractivity contribution in [1.82, 2.24) is 0 Å². The third kappa shape index (κ3) is 5.73. The van der Waals surface area contributed by atoms with Crippen LogP contribution in [-0.2, 0) is 14.3 Å². The van der Waals surface area contributed by atoms with E-state index in [1.165, 1.54) is 6.92 Å². The van der Waals surface area contributed by atoms with Crippen LogP contribution in [-0.4, -0.2) is 24.1 Å². The molecule has 0 saturated heterocycles. The molecule has 0 N–H and O–H groups in total. The molecule has 20 heavy (non-hydrogen) atoms. The molecule has 0 heterocycles. The molecule has 0 aliphatic rings. The van der Waals surface area contributed by atoms with Crippen LogP contribution in [0, 0.1) is 6.92 Å². The summed E-state index contributed by atoms with van der Waals surface area (Å²) in [5, 5.41) is 0. The highest BCUT2D eigenvalue weighted by Crippen LogP contribution is 2.23. The van der Waals surface area contributed by atoms with Crippen LogP contribution >= 0.6 is 0 Å². The molecule has 0 aliphatic carbocycles. The average molecular weight is 280 g/mol. The molecule has 1 aromatic rings. The van der Waals surface area contributed by atoms with Gasteiger partial charge in [-0.3, -0.25) is 4.79 Å².